The van der Waals surface area contributed by atoms with E-state index in [0.29, 0.717) is 21.5 Å². The Labute approximate surface area is 158 Å². The molecule has 25 heavy (non-hydrogen) atoms. The molecule has 3 aromatic rings. The summed E-state index contributed by atoms with van der Waals surface area (Å²) >= 11 is 8.86. The first kappa shape index (κ1) is 17.7. The zero-order chi connectivity index (χ0) is 17.6. The van der Waals surface area contributed by atoms with Crippen molar-refractivity contribution in [3.8, 4) is 5.75 Å². The van der Waals surface area contributed by atoms with E-state index in [2.05, 4.69) is 27.6 Å². The topological polar surface area (TPSA) is 64.1 Å². The number of halogens is 1. The molecule has 0 unspecified atom stereocenters. The summed E-state index contributed by atoms with van der Waals surface area (Å²) < 4.78 is 5.98. The minimum Gasteiger partial charge on any atom is -0.496 e. The normalized spacial score (nSPS) is 10.5. The summed E-state index contributed by atoms with van der Waals surface area (Å²) in [7, 11) is 1.50. The fraction of sp³-hybridized carbons (Fsp3) is 0.118. The average molecular weight is 392 g/mol. The van der Waals surface area contributed by atoms with Gasteiger partial charge in [0.25, 0.3) is 5.91 Å². The Balaban J connectivity index is 1.65. The smallest absolute Gasteiger partial charge is 0.261 e. The zero-order valence-electron chi connectivity index (χ0n) is 13.2. The summed E-state index contributed by atoms with van der Waals surface area (Å²) in [6.07, 6.45) is 0. The maximum atomic E-state index is 12.4. The second-order valence-electron chi connectivity index (χ2n) is 4.95. The first-order valence-corrected chi connectivity index (χ1v) is 9.49. The van der Waals surface area contributed by atoms with E-state index in [1.54, 1.807) is 30.0 Å². The van der Waals surface area contributed by atoms with Crippen molar-refractivity contribution in [3.05, 3.63) is 64.7 Å². The molecule has 0 aliphatic carbocycles. The first-order chi connectivity index (χ1) is 12.2. The fourth-order valence-corrected chi connectivity index (χ4v) is 3.93. The number of ether oxygens (including phenoxy) is 1. The standard InChI is InChI=1S/C17H14ClN3O2S2/c1-23-14-8-7-12(18)9-13(14)15(22)19-16-20-21-17(25-16)24-10-11-5-3-2-4-6-11/h2-9H,10H2,1H3,(H,19,20,22). The van der Waals surface area contributed by atoms with Crippen molar-refractivity contribution < 1.29 is 9.53 Å². The van der Waals surface area contributed by atoms with Gasteiger partial charge in [0, 0.05) is 10.8 Å². The summed E-state index contributed by atoms with van der Waals surface area (Å²) in [4.78, 5) is 12.4. The summed E-state index contributed by atoms with van der Waals surface area (Å²) in [5.74, 6) is 0.908. The van der Waals surface area contributed by atoms with Gasteiger partial charge in [-0.15, -0.1) is 10.2 Å². The van der Waals surface area contributed by atoms with Crippen LogP contribution in [0.3, 0.4) is 0 Å². The van der Waals surface area contributed by atoms with E-state index in [1.165, 1.54) is 24.0 Å². The maximum absolute atomic E-state index is 12.4. The van der Waals surface area contributed by atoms with Crippen molar-refractivity contribution in [2.24, 2.45) is 0 Å². The maximum Gasteiger partial charge on any atom is 0.261 e. The molecule has 0 fully saturated rings. The molecule has 0 radical (unpaired) electrons. The predicted molar refractivity (Wildman–Crippen MR) is 102 cm³/mol. The number of nitrogens with zero attached hydrogens (tertiary/aromatic N) is 2. The van der Waals surface area contributed by atoms with Crippen LogP contribution in [0, 0.1) is 0 Å². The molecule has 2 aromatic carbocycles. The van der Waals surface area contributed by atoms with Crippen molar-refractivity contribution in [2.75, 3.05) is 12.4 Å². The molecular weight excluding hydrogens is 378 g/mol. The number of nitrogens with one attached hydrogen (secondary N) is 1. The quantitative estimate of drug-likeness (QED) is 0.485. The van der Waals surface area contributed by atoms with Crippen LogP contribution in [-0.2, 0) is 5.75 Å². The van der Waals surface area contributed by atoms with Gasteiger partial charge in [-0.3, -0.25) is 10.1 Å². The molecule has 1 aromatic heterocycles. The third-order valence-electron chi connectivity index (χ3n) is 3.24. The van der Waals surface area contributed by atoms with Crippen molar-refractivity contribution in [3.63, 3.8) is 0 Å². The Bertz CT molecular complexity index is 871. The number of carbonyl (C=O) groups excluding carboxylic acids is 1. The Morgan fingerprint density at radius 1 is 1.24 bits per heavy atom. The number of anilines is 1. The van der Waals surface area contributed by atoms with Crippen LogP contribution in [0.2, 0.25) is 5.02 Å². The molecule has 1 amide bonds. The molecule has 3 rings (SSSR count). The predicted octanol–water partition coefficient (Wildman–Crippen LogP) is 4.74. The fourth-order valence-electron chi connectivity index (χ4n) is 2.06. The molecule has 8 heteroatoms. The van der Waals surface area contributed by atoms with E-state index in [9.17, 15) is 4.79 Å². The van der Waals surface area contributed by atoms with Crippen molar-refractivity contribution in [1.82, 2.24) is 10.2 Å². The highest BCUT2D eigenvalue weighted by atomic mass is 35.5. The van der Waals surface area contributed by atoms with Gasteiger partial charge in [-0.1, -0.05) is 65.0 Å². The summed E-state index contributed by atoms with van der Waals surface area (Å²) in [5, 5.41) is 11.7. The van der Waals surface area contributed by atoms with Crippen LogP contribution in [0.5, 0.6) is 5.75 Å². The summed E-state index contributed by atoms with van der Waals surface area (Å²) in [6, 6.07) is 15.0. The van der Waals surface area contributed by atoms with Gasteiger partial charge in [-0.2, -0.15) is 0 Å². The summed E-state index contributed by atoms with van der Waals surface area (Å²) in [5.41, 5.74) is 1.56. The van der Waals surface area contributed by atoms with Crippen LogP contribution >= 0.6 is 34.7 Å². The van der Waals surface area contributed by atoms with Crippen molar-refractivity contribution >= 4 is 45.7 Å². The SMILES string of the molecule is COc1ccc(Cl)cc1C(=O)Nc1nnc(SCc2ccccc2)s1. The summed E-state index contributed by atoms with van der Waals surface area (Å²) in [6.45, 7) is 0. The molecule has 1 heterocycles. The van der Waals surface area contributed by atoms with E-state index in [-0.39, 0.29) is 5.91 Å². The monoisotopic (exact) mass is 391 g/mol. The molecule has 0 atom stereocenters. The van der Waals surface area contributed by atoms with Crippen LogP contribution in [0.25, 0.3) is 0 Å². The van der Waals surface area contributed by atoms with Crippen LogP contribution in [0.15, 0.2) is 52.9 Å². The van der Waals surface area contributed by atoms with Gasteiger partial charge < -0.3 is 4.74 Å². The second kappa shape index (κ2) is 8.33. The van der Waals surface area contributed by atoms with E-state index in [4.69, 9.17) is 16.3 Å². The Morgan fingerprint density at radius 2 is 2.04 bits per heavy atom. The van der Waals surface area contributed by atoms with Gasteiger partial charge in [0.1, 0.15) is 5.75 Å². The average Bonchev–Trinajstić information content (AvgIpc) is 3.08. The molecule has 128 valence electrons. The largest absolute Gasteiger partial charge is 0.496 e. The van der Waals surface area contributed by atoms with Gasteiger partial charge in [0.05, 0.1) is 12.7 Å². The number of rotatable bonds is 6. The Hall–Kier alpha value is -2.09. The molecule has 0 spiro atoms. The van der Waals surface area contributed by atoms with E-state index >= 15 is 0 Å². The third-order valence-corrected chi connectivity index (χ3v) is 5.52. The van der Waals surface area contributed by atoms with Crippen LogP contribution in [-0.4, -0.2) is 23.2 Å². The lowest BCUT2D eigenvalue weighted by Crippen LogP contribution is -2.13. The molecule has 0 bridgehead atoms. The zero-order valence-corrected chi connectivity index (χ0v) is 15.6. The highest BCUT2D eigenvalue weighted by Crippen LogP contribution is 2.29. The van der Waals surface area contributed by atoms with E-state index < -0.39 is 0 Å². The number of amides is 1. The molecule has 0 saturated carbocycles. The Morgan fingerprint density at radius 3 is 2.80 bits per heavy atom. The van der Waals surface area contributed by atoms with Crippen molar-refractivity contribution in [1.29, 1.82) is 0 Å². The first-order valence-electron chi connectivity index (χ1n) is 7.31. The lowest BCUT2D eigenvalue weighted by molar-refractivity contribution is 0.102. The van der Waals surface area contributed by atoms with Gasteiger partial charge in [0.15, 0.2) is 4.34 Å². The van der Waals surface area contributed by atoms with E-state index in [0.717, 1.165) is 10.1 Å². The minimum atomic E-state index is -0.338. The second-order valence-corrected chi connectivity index (χ2v) is 7.58. The highest BCUT2D eigenvalue weighted by molar-refractivity contribution is 8.00. The van der Waals surface area contributed by atoms with Gasteiger partial charge in [-0.05, 0) is 23.8 Å². The van der Waals surface area contributed by atoms with Crippen LogP contribution in [0.1, 0.15) is 15.9 Å². The van der Waals surface area contributed by atoms with Crippen LogP contribution < -0.4 is 10.1 Å². The number of aromatic nitrogens is 2. The molecule has 0 aliphatic rings. The lowest BCUT2D eigenvalue weighted by atomic mass is 10.2. The molecule has 0 aliphatic heterocycles. The van der Waals surface area contributed by atoms with E-state index in [1.807, 2.05) is 18.2 Å². The third kappa shape index (κ3) is 4.72. The number of thioether (sulfide) groups is 1. The lowest BCUT2D eigenvalue weighted by Gasteiger charge is -2.07. The van der Waals surface area contributed by atoms with Gasteiger partial charge in [-0.25, -0.2) is 0 Å². The van der Waals surface area contributed by atoms with Crippen LogP contribution in [0.4, 0.5) is 5.13 Å². The number of hydrogen-bond acceptors (Lipinski definition) is 6. The Kier molecular flexibility index (Phi) is 5.91. The number of methoxy groups -OCH3 is 1. The number of hydrogen-bond donors (Lipinski definition) is 1. The molecule has 0 saturated heterocycles. The molecule has 1 N–H and O–H groups in total. The molecule has 5 nitrogen and oxygen atoms in total. The minimum absolute atomic E-state index is 0.338. The number of carbonyl (C=O) groups is 1. The number of benzene rings is 2. The van der Waals surface area contributed by atoms with Crippen molar-refractivity contribution in [2.45, 2.75) is 10.1 Å². The van der Waals surface area contributed by atoms with Gasteiger partial charge >= 0.3 is 0 Å². The molecular formula is C17H14ClN3O2S2. The van der Waals surface area contributed by atoms with Gasteiger partial charge in [0.2, 0.25) is 5.13 Å². The highest BCUT2D eigenvalue weighted by Gasteiger charge is 2.15.